The van der Waals surface area contributed by atoms with Gasteiger partial charge in [0.05, 0.1) is 0 Å². The van der Waals surface area contributed by atoms with Gasteiger partial charge in [0, 0.05) is 0 Å². The van der Waals surface area contributed by atoms with Gasteiger partial charge in [0.25, 0.3) is 0 Å². The van der Waals surface area contributed by atoms with Crippen LogP contribution in [-0.2, 0) is 24.7 Å². The van der Waals surface area contributed by atoms with Gasteiger partial charge in [-0.05, 0) is 0 Å². The van der Waals surface area contributed by atoms with Crippen molar-refractivity contribution < 1.29 is 105 Å². The van der Waals surface area contributed by atoms with E-state index in [0.717, 1.165) is 0 Å². The Kier molecular flexibility index (Phi) is 13.6. The third-order valence-electron chi connectivity index (χ3n) is 7.57. The SMILES string of the molecule is C=[C](/C=C(\C=C\C(F)(F)F)C(F)(F)F)[Ga-]([C](=C)/C=C(\C=C\C(F)(F)F)C(F)(F)F)([c]1cc(C(F)(F)F)cc(C(F)(F)F)c1)[c]1cc(C(F)(F)F)cc(C(F)(F)F)c1. The van der Waals surface area contributed by atoms with Gasteiger partial charge in [-0.3, -0.25) is 0 Å². The van der Waals surface area contributed by atoms with Crippen LogP contribution in [0.1, 0.15) is 22.3 Å². The van der Waals surface area contributed by atoms with Crippen molar-refractivity contribution in [1.82, 2.24) is 0 Å². The Morgan fingerprint density at radius 2 is 0.614 bits per heavy atom. The zero-order chi connectivity index (χ0) is 44.8. The summed E-state index contributed by atoms with van der Waals surface area (Å²) in [6.07, 6.45) is -53.3. The summed E-state index contributed by atoms with van der Waals surface area (Å²) >= 11 is -7.92. The average molecular weight is 926 g/mol. The van der Waals surface area contributed by atoms with Gasteiger partial charge in [0.15, 0.2) is 0 Å². The summed E-state index contributed by atoms with van der Waals surface area (Å²) in [6, 6.07) is -3.64. The van der Waals surface area contributed by atoms with Gasteiger partial charge < -0.3 is 0 Å². The summed E-state index contributed by atoms with van der Waals surface area (Å²) < 4.78 is 324. The molecular weight excluding hydrogens is 910 g/mol. The number of halogens is 24. The monoisotopic (exact) mass is 925 g/mol. The first kappa shape index (κ1) is 49.0. The van der Waals surface area contributed by atoms with E-state index in [0.29, 0.717) is 0 Å². The molecule has 0 unspecified atom stereocenters. The van der Waals surface area contributed by atoms with Crippen molar-refractivity contribution in [2.24, 2.45) is 0 Å². The molecule has 0 spiro atoms. The molecule has 0 aliphatic heterocycles. The molecule has 2 aromatic carbocycles. The second-order valence-corrected chi connectivity index (χ2v) is 21.2. The molecule has 0 fully saturated rings. The number of rotatable bonds is 8. The molecule has 316 valence electrons. The molecule has 2 rings (SSSR count). The van der Waals surface area contributed by atoms with Crippen LogP contribution in [0.2, 0.25) is 0 Å². The van der Waals surface area contributed by atoms with Crippen molar-refractivity contribution in [2.75, 3.05) is 0 Å². The molecule has 0 aromatic heterocycles. The molecule has 2 aromatic rings. The van der Waals surface area contributed by atoms with E-state index >= 15 is 0 Å². The van der Waals surface area contributed by atoms with Crippen LogP contribution in [0.5, 0.6) is 0 Å². The van der Waals surface area contributed by atoms with E-state index in [9.17, 15) is 105 Å². The number of hydrogen-bond acceptors (Lipinski definition) is 0. The van der Waals surface area contributed by atoms with E-state index in [-0.39, 0.29) is 0 Å². The zero-order valence-corrected chi connectivity index (χ0v) is 29.4. The van der Waals surface area contributed by atoms with E-state index in [1.807, 2.05) is 0 Å². The molecule has 0 N–H and O–H groups in total. The van der Waals surface area contributed by atoms with Gasteiger partial charge >= 0.3 is 306 Å². The molecule has 0 heterocycles. The van der Waals surface area contributed by atoms with E-state index < -0.39 is 187 Å². The molecule has 57 heavy (non-hydrogen) atoms. The van der Waals surface area contributed by atoms with Crippen LogP contribution in [0, 0.1) is 0 Å². The fourth-order valence-electron chi connectivity index (χ4n) is 5.21. The molecule has 0 atom stereocenters. The van der Waals surface area contributed by atoms with Crippen molar-refractivity contribution in [2.45, 2.75) is 49.4 Å². The van der Waals surface area contributed by atoms with E-state index in [1.165, 1.54) is 0 Å². The van der Waals surface area contributed by atoms with Crippen molar-refractivity contribution in [3.63, 3.8) is 0 Å². The second kappa shape index (κ2) is 15.9. The van der Waals surface area contributed by atoms with Gasteiger partial charge in [-0.2, -0.15) is 0 Å². The van der Waals surface area contributed by atoms with Gasteiger partial charge in [-0.1, -0.05) is 0 Å². The zero-order valence-electron chi connectivity index (χ0n) is 27.0. The standard InChI is InChI=1S/2C8H3F6.2C8H5F6.Ga/c2*9-7(10,11)5-2-1-3-6(4-5)8(12,13)14;2*1-2-3-6(8(12,13)14)4-5-7(9,10)11;/h2*2-4H;2*3-5H,1H2;/q;;;;-1/b;;2*5-4+,6-3+;. The molecule has 25 heteroatoms. The summed E-state index contributed by atoms with van der Waals surface area (Å²) in [5, 5.41) is 0. The van der Waals surface area contributed by atoms with Crippen LogP contribution in [0.4, 0.5) is 105 Å². The van der Waals surface area contributed by atoms with E-state index in [2.05, 4.69) is 13.2 Å². The topological polar surface area (TPSA) is 0 Å². The van der Waals surface area contributed by atoms with Crippen LogP contribution in [0.15, 0.2) is 105 Å². The predicted molar refractivity (Wildman–Crippen MR) is 155 cm³/mol. The first-order valence-electron chi connectivity index (χ1n) is 14.3. The Hall–Kier alpha value is -4.16. The molecule has 0 amide bonds. The Labute approximate surface area is 305 Å². The molecule has 0 saturated heterocycles. The van der Waals surface area contributed by atoms with Crippen LogP contribution in [0.25, 0.3) is 0 Å². The van der Waals surface area contributed by atoms with Gasteiger partial charge in [-0.15, -0.1) is 0 Å². The fraction of sp³-hybridized carbons (Fsp3) is 0.250. The Balaban J connectivity index is 3.69. The summed E-state index contributed by atoms with van der Waals surface area (Å²) in [5.41, 5.74) is -15.5. The van der Waals surface area contributed by atoms with Crippen LogP contribution in [-0.4, -0.2) is 39.7 Å². The summed E-state index contributed by atoms with van der Waals surface area (Å²) in [7, 11) is 0. The Morgan fingerprint density at radius 3 is 0.789 bits per heavy atom. The third kappa shape index (κ3) is 12.9. The molecule has 0 aliphatic rings. The van der Waals surface area contributed by atoms with Gasteiger partial charge in [0.2, 0.25) is 0 Å². The maximum atomic E-state index is 14.1. The number of alkyl halides is 24. The summed E-state index contributed by atoms with van der Waals surface area (Å²) in [4.78, 5) is 0. The van der Waals surface area contributed by atoms with E-state index in [4.69, 9.17) is 0 Å². The Morgan fingerprint density at radius 1 is 0.386 bits per heavy atom. The number of hydrogen-bond donors (Lipinski definition) is 0. The van der Waals surface area contributed by atoms with Crippen molar-refractivity contribution in [3.8, 4) is 0 Å². The molecule has 0 saturated carbocycles. The number of benzene rings is 2. The van der Waals surface area contributed by atoms with Crippen LogP contribution in [0.3, 0.4) is 0 Å². The second-order valence-electron chi connectivity index (χ2n) is 11.6. The normalized spacial score (nSPS) is 15.2. The van der Waals surface area contributed by atoms with Crippen LogP contribution >= 0.6 is 0 Å². The van der Waals surface area contributed by atoms with Crippen molar-refractivity contribution >= 4 is 23.3 Å². The van der Waals surface area contributed by atoms with Gasteiger partial charge in [0.1, 0.15) is 0 Å². The molecule has 0 nitrogen and oxygen atoms in total. The number of allylic oxidation sites excluding steroid dienone is 10. The first-order valence-corrected chi connectivity index (χ1v) is 19.2. The fourth-order valence-corrected chi connectivity index (χ4v) is 16.0. The van der Waals surface area contributed by atoms with Gasteiger partial charge in [-0.25, -0.2) is 0 Å². The quantitative estimate of drug-likeness (QED) is 0.141. The predicted octanol–water partition coefficient (Wildman–Crippen LogP) is 12.7. The average Bonchev–Trinajstić information content (AvgIpc) is 2.97. The van der Waals surface area contributed by atoms with Crippen LogP contribution < -0.4 is 8.24 Å². The molecule has 0 aliphatic carbocycles. The Bertz CT molecular complexity index is 1740. The first-order chi connectivity index (χ1) is 25.1. The van der Waals surface area contributed by atoms with Crippen molar-refractivity contribution in [1.29, 1.82) is 0 Å². The summed E-state index contributed by atoms with van der Waals surface area (Å²) in [6.45, 7) is 5.85. The third-order valence-corrected chi connectivity index (χ3v) is 18.5. The van der Waals surface area contributed by atoms with E-state index in [1.54, 1.807) is 0 Å². The summed E-state index contributed by atoms with van der Waals surface area (Å²) in [5.74, 6) is 0. The molecule has 0 bridgehead atoms. The minimum atomic E-state index is -7.92. The maximum absolute atomic E-state index is 14.1. The van der Waals surface area contributed by atoms with Crippen molar-refractivity contribution in [3.05, 3.63) is 128 Å². The minimum absolute atomic E-state index is 0.536. The molecular formula is C32H16F24Ga-. The molecule has 0 radical (unpaired) electrons.